The van der Waals surface area contributed by atoms with Crippen molar-refractivity contribution in [1.82, 2.24) is 5.32 Å². The Bertz CT molecular complexity index is 888. The van der Waals surface area contributed by atoms with E-state index in [4.69, 9.17) is 16.3 Å². The summed E-state index contributed by atoms with van der Waals surface area (Å²) in [6.45, 7) is 7.83. The van der Waals surface area contributed by atoms with E-state index in [0.717, 1.165) is 27.5 Å². The van der Waals surface area contributed by atoms with E-state index in [1.165, 1.54) is 10.8 Å². The molecule has 3 aromatic carbocycles. The number of nitrogens with one attached hydrogen (secondary N) is 1. The largest absolute Gasteiger partial charge is 0.489 e. The number of ether oxygens (including phenoxy) is 1. The van der Waals surface area contributed by atoms with Crippen molar-refractivity contribution < 1.29 is 4.74 Å². The Hall–Kier alpha value is -2.29. The lowest BCUT2D eigenvalue weighted by Gasteiger charge is -2.15. The zero-order valence-corrected chi connectivity index (χ0v) is 15.1. The Kier molecular flexibility index (Phi) is 5.75. The third-order valence-corrected chi connectivity index (χ3v) is 4.42. The molecule has 0 aliphatic heterocycles. The molecule has 0 amide bonds. The molecule has 0 fully saturated rings. The Labute approximate surface area is 154 Å². The normalized spacial score (nSPS) is 10.8. The van der Waals surface area contributed by atoms with Crippen LogP contribution in [0.15, 0.2) is 72.8 Å². The second kappa shape index (κ2) is 8.19. The molecule has 0 heterocycles. The molecular formula is C22H22ClNO. The first kappa shape index (κ1) is 17.5. The van der Waals surface area contributed by atoms with Gasteiger partial charge in [-0.25, -0.2) is 0 Å². The van der Waals surface area contributed by atoms with Gasteiger partial charge in [0.2, 0.25) is 0 Å². The van der Waals surface area contributed by atoms with Crippen LogP contribution >= 0.6 is 11.6 Å². The van der Waals surface area contributed by atoms with E-state index in [0.29, 0.717) is 19.7 Å². The molecule has 3 aromatic rings. The van der Waals surface area contributed by atoms with E-state index in [1.807, 2.05) is 37.3 Å². The van der Waals surface area contributed by atoms with Crippen LogP contribution in [-0.2, 0) is 13.1 Å². The van der Waals surface area contributed by atoms with Crippen LogP contribution in [0.1, 0.15) is 18.1 Å². The summed E-state index contributed by atoms with van der Waals surface area (Å²) in [5.41, 5.74) is 3.25. The van der Waals surface area contributed by atoms with Crippen molar-refractivity contribution in [2.45, 2.75) is 20.0 Å². The van der Waals surface area contributed by atoms with Crippen molar-refractivity contribution in [2.75, 3.05) is 6.61 Å². The zero-order chi connectivity index (χ0) is 17.6. The third kappa shape index (κ3) is 4.41. The highest BCUT2D eigenvalue weighted by atomic mass is 35.5. The SMILES string of the molecule is C=C(C)COc1ccc2ccccc2c1CNCc1ccccc1Cl. The first-order valence-electron chi connectivity index (χ1n) is 8.37. The van der Waals surface area contributed by atoms with Crippen LogP contribution in [0.3, 0.4) is 0 Å². The van der Waals surface area contributed by atoms with Crippen molar-refractivity contribution >= 4 is 22.4 Å². The number of halogens is 1. The van der Waals surface area contributed by atoms with Gasteiger partial charge in [0.1, 0.15) is 12.4 Å². The summed E-state index contributed by atoms with van der Waals surface area (Å²) < 4.78 is 5.97. The van der Waals surface area contributed by atoms with Gasteiger partial charge in [-0.2, -0.15) is 0 Å². The predicted octanol–water partition coefficient (Wildman–Crippen LogP) is 5.74. The van der Waals surface area contributed by atoms with Crippen LogP contribution in [0.2, 0.25) is 5.02 Å². The summed E-state index contributed by atoms with van der Waals surface area (Å²) >= 11 is 6.24. The molecule has 3 rings (SSSR count). The molecule has 1 N–H and O–H groups in total. The number of hydrogen-bond acceptors (Lipinski definition) is 2. The van der Waals surface area contributed by atoms with E-state index in [9.17, 15) is 0 Å². The predicted molar refractivity (Wildman–Crippen MR) is 106 cm³/mol. The van der Waals surface area contributed by atoms with Gasteiger partial charge in [0.25, 0.3) is 0 Å². The van der Waals surface area contributed by atoms with Gasteiger partial charge in [0.05, 0.1) is 0 Å². The highest BCUT2D eigenvalue weighted by molar-refractivity contribution is 6.31. The molecule has 0 aliphatic rings. The van der Waals surface area contributed by atoms with Crippen LogP contribution in [0.25, 0.3) is 10.8 Å². The van der Waals surface area contributed by atoms with Gasteiger partial charge in [0.15, 0.2) is 0 Å². The van der Waals surface area contributed by atoms with Gasteiger partial charge in [-0.05, 0) is 41.0 Å². The van der Waals surface area contributed by atoms with Crippen LogP contribution in [0, 0.1) is 0 Å². The fourth-order valence-electron chi connectivity index (χ4n) is 2.80. The lowest BCUT2D eigenvalue weighted by Crippen LogP contribution is -2.14. The van der Waals surface area contributed by atoms with Crippen molar-refractivity contribution in [2.24, 2.45) is 0 Å². The fraction of sp³-hybridized carbons (Fsp3) is 0.182. The van der Waals surface area contributed by atoms with Crippen molar-refractivity contribution in [3.05, 3.63) is 89.0 Å². The smallest absolute Gasteiger partial charge is 0.124 e. The van der Waals surface area contributed by atoms with Gasteiger partial charge in [-0.1, -0.05) is 66.7 Å². The molecule has 3 heteroatoms. The topological polar surface area (TPSA) is 21.3 Å². The van der Waals surface area contributed by atoms with Gasteiger partial charge in [-0.3, -0.25) is 0 Å². The minimum Gasteiger partial charge on any atom is -0.489 e. The number of rotatable bonds is 7. The summed E-state index contributed by atoms with van der Waals surface area (Å²) in [7, 11) is 0. The number of fused-ring (bicyclic) bond motifs is 1. The minimum atomic E-state index is 0.524. The van der Waals surface area contributed by atoms with E-state index < -0.39 is 0 Å². The van der Waals surface area contributed by atoms with Crippen LogP contribution in [-0.4, -0.2) is 6.61 Å². The quantitative estimate of drug-likeness (QED) is 0.548. The first-order valence-corrected chi connectivity index (χ1v) is 8.75. The van der Waals surface area contributed by atoms with Gasteiger partial charge in [-0.15, -0.1) is 0 Å². The average Bonchev–Trinajstić information content (AvgIpc) is 2.62. The van der Waals surface area contributed by atoms with E-state index in [2.05, 4.69) is 42.2 Å². The zero-order valence-electron chi connectivity index (χ0n) is 14.4. The van der Waals surface area contributed by atoms with Gasteiger partial charge in [0, 0.05) is 23.7 Å². The highest BCUT2D eigenvalue weighted by Crippen LogP contribution is 2.28. The molecular weight excluding hydrogens is 330 g/mol. The summed E-state index contributed by atoms with van der Waals surface area (Å²) in [6.07, 6.45) is 0. The molecule has 0 aromatic heterocycles. The standard InChI is InChI=1S/C22H22ClNO/c1-16(2)15-25-22-12-11-17-7-3-5-9-19(17)20(22)14-24-13-18-8-4-6-10-21(18)23/h3-12,24H,1,13-15H2,2H3. The van der Waals surface area contributed by atoms with Gasteiger partial charge < -0.3 is 10.1 Å². The van der Waals surface area contributed by atoms with Crippen molar-refractivity contribution in [3.63, 3.8) is 0 Å². The summed E-state index contributed by atoms with van der Waals surface area (Å²) in [6, 6.07) is 20.4. The maximum atomic E-state index is 6.24. The van der Waals surface area contributed by atoms with Crippen LogP contribution in [0.4, 0.5) is 0 Å². The Balaban J connectivity index is 1.83. The molecule has 0 spiro atoms. The lowest BCUT2D eigenvalue weighted by molar-refractivity contribution is 0.348. The third-order valence-electron chi connectivity index (χ3n) is 4.05. The van der Waals surface area contributed by atoms with Gasteiger partial charge >= 0.3 is 0 Å². The average molecular weight is 352 g/mol. The highest BCUT2D eigenvalue weighted by Gasteiger charge is 2.09. The number of benzene rings is 3. The molecule has 25 heavy (non-hydrogen) atoms. The van der Waals surface area contributed by atoms with Crippen LogP contribution in [0.5, 0.6) is 5.75 Å². The second-order valence-corrected chi connectivity index (χ2v) is 6.61. The second-order valence-electron chi connectivity index (χ2n) is 6.20. The van der Waals surface area contributed by atoms with Crippen molar-refractivity contribution in [1.29, 1.82) is 0 Å². The fourth-order valence-corrected chi connectivity index (χ4v) is 3.00. The summed E-state index contributed by atoms with van der Waals surface area (Å²) in [4.78, 5) is 0. The molecule has 0 atom stereocenters. The summed E-state index contributed by atoms with van der Waals surface area (Å²) in [5, 5.41) is 6.69. The van der Waals surface area contributed by atoms with E-state index in [-0.39, 0.29) is 0 Å². The molecule has 128 valence electrons. The molecule has 0 radical (unpaired) electrons. The molecule has 2 nitrogen and oxygen atoms in total. The molecule has 0 saturated carbocycles. The molecule has 0 saturated heterocycles. The molecule has 0 unspecified atom stereocenters. The lowest BCUT2D eigenvalue weighted by atomic mass is 10.0. The summed E-state index contributed by atoms with van der Waals surface area (Å²) in [5.74, 6) is 0.897. The van der Waals surface area contributed by atoms with E-state index >= 15 is 0 Å². The van der Waals surface area contributed by atoms with E-state index in [1.54, 1.807) is 0 Å². The maximum absolute atomic E-state index is 6.24. The van der Waals surface area contributed by atoms with Crippen molar-refractivity contribution in [3.8, 4) is 5.75 Å². The minimum absolute atomic E-state index is 0.524. The first-order chi connectivity index (χ1) is 12.1. The Morgan fingerprint density at radius 2 is 1.76 bits per heavy atom. The van der Waals surface area contributed by atoms with Crippen LogP contribution < -0.4 is 10.1 Å². The maximum Gasteiger partial charge on any atom is 0.124 e. The monoisotopic (exact) mass is 351 g/mol. The molecule has 0 bridgehead atoms. The Morgan fingerprint density at radius 3 is 2.56 bits per heavy atom. The Morgan fingerprint density at radius 1 is 1.00 bits per heavy atom. The molecule has 0 aliphatic carbocycles. The number of hydrogen-bond donors (Lipinski definition) is 1.